The Hall–Kier alpha value is 9.89. The molecule has 0 radical (unpaired) electrons. The third-order valence-electron chi connectivity index (χ3n) is 0. The minimum Gasteiger partial charge on any atom is -1.00 e. The Labute approximate surface area is 486 Å². The van der Waals surface area contributed by atoms with E-state index in [1.54, 1.807) is 0 Å². The van der Waals surface area contributed by atoms with Crippen LogP contribution in [0.4, 0.5) is 0 Å². The molecule has 0 unspecified atom stereocenters. The Kier molecular flexibility index (Phi) is 223. The van der Waals surface area contributed by atoms with Gasteiger partial charge in [0.15, 0.2) is 0 Å². The van der Waals surface area contributed by atoms with Crippen LogP contribution in [0.5, 0.6) is 0 Å². The molecule has 24 heavy (non-hydrogen) atoms. The molecule has 0 saturated heterocycles. The summed E-state index contributed by atoms with van der Waals surface area (Å²) in [6, 6.07) is 0. The van der Waals surface area contributed by atoms with Gasteiger partial charge in [-0.25, -0.2) is 0 Å². The summed E-state index contributed by atoms with van der Waals surface area (Å²) in [4.78, 5) is 33.4. The van der Waals surface area contributed by atoms with Crippen molar-refractivity contribution in [1.82, 2.24) is 0 Å². The van der Waals surface area contributed by atoms with Crippen LogP contribution >= 0.6 is 0 Å². The van der Waals surface area contributed by atoms with E-state index in [0.29, 0.717) is 0 Å². The van der Waals surface area contributed by atoms with E-state index in [-0.39, 0.29) is 422 Å². The van der Waals surface area contributed by atoms with Crippen molar-refractivity contribution < 1.29 is 464 Å². The van der Waals surface area contributed by atoms with Gasteiger partial charge in [0.25, 0.3) is 20.3 Å². The average Bonchev–Trinajstić information content (AvgIpc) is 1.76. The Bertz CT molecular complexity index is 201. The van der Waals surface area contributed by atoms with Crippen LogP contribution in [0.2, 0.25) is 0 Å². The van der Waals surface area contributed by atoms with Gasteiger partial charge in [0.2, 0.25) is 0 Å². The predicted octanol–water partition coefficient (Wildman–Crippen LogP) is -24.5. The Morgan fingerprint density at radius 1 is 0.417 bits per heavy atom. The van der Waals surface area contributed by atoms with Crippen molar-refractivity contribution in [3.8, 4) is 0 Å². The van der Waals surface area contributed by atoms with Crippen LogP contribution in [0.25, 0.3) is 0 Å². The molecule has 24 heteroatoms. The third kappa shape index (κ3) is 311. The van der Waals surface area contributed by atoms with Crippen LogP contribution in [0.15, 0.2) is 0 Å². The van der Waals surface area contributed by atoms with E-state index in [4.69, 9.17) is 61.3 Å². The van der Waals surface area contributed by atoms with Gasteiger partial charge in [-0.05, 0) is 0 Å². The first-order valence-corrected chi connectivity index (χ1v) is 2.26. The second-order valence-electron chi connectivity index (χ2n) is 0.951. The average molecular weight is 573 g/mol. The summed E-state index contributed by atoms with van der Waals surface area (Å²) < 4.78 is 0. The zero-order valence-corrected chi connectivity index (χ0v) is 39.8. The van der Waals surface area contributed by atoms with Crippen LogP contribution in [-0.2, 0) is 0 Å². The van der Waals surface area contributed by atoms with E-state index in [0.717, 1.165) is 0 Å². The first kappa shape index (κ1) is 76.5. The van der Waals surface area contributed by atoms with E-state index in [9.17, 15) is 0 Å². The molecule has 0 aliphatic heterocycles. The van der Waals surface area contributed by atoms with Gasteiger partial charge in [-0.15, -0.1) is 40.5 Å². The van der Waals surface area contributed by atoms with Gasteiger partial charge in [0.1, 0.15) is 0 Å². The monoisotopic (exact) mass is 572 g/mol. The second-order valence-corrected chi connectivity index (χ2v) is 0.951. The Balaban J connectivity index is -0.00000000286. The summed E-state index contributed by atoms with van der Waals surface area (Å²) in [6.45, 7) is 0. The summed E-state index contributed by atoms with van der Waals surface area (Å²) in [5, 5.41) is 54.6. The maximum absolute atomic E-state index is 8.36. The van der Waals surface area contributed by atoms with Crippen LogP contribution < -0.4 is 411 Å². The molecule has 0 aliphatic rings. The summed E-state index contributed by atoms with van der Waals surface area (Å²) in [6.07, 6.45) is 0. The first-order chi connectivity index (χ1) is 6.93. The maximum atomic E-state index is 8.36. The molecule has 0 aromatic carbocycles. The molecule has 0 fully saturated rings. The zero-order chi connectivity index (χ0) is 14.3. The van der Waals surface area contributed by atoms with Crippen molar-refractivity contribution >= 4 is 0 Å². The summed E-state index contributed by atoms with van der Waals surface area (Å²) in [5.41, 5.74) is 0. The SMILES string of the molecule is O=[N+]([O-])O.O=[N+]([O-])O.O=[N+]([O-])O.O=[N+]([O-])O.[H-].[H-].[H-].[H-].[H-].[H-].[H-].[H-].[K+].[K+].[K+].[K+].[K+].[K+].[K+].[K+]. The van der Waals surface area contributed by atoms with E-state index in [1.165, 1.54) is 0 Å². The molecule has 0 atom stereocenters. The van der Waals surface area contributed by atoms with Gasteiger partial charge in [-0.1, -0.05) is 0 Å². The van der Waals surface area contributed by atoms with Gasteiger partial charge in [-0.3, -0.25) is 0 Å². The van der Waals surface area contributed by atoms with Crippen LogP contribution in [0.3, 0.4) is 0 Å². The number of hydrogen-bond donors (Lipinski definition) is 4. The fraction of sp³-hybridized carbons (Fsp3) is 0. The van der Waals surface area contributed by atoms with Crippen molar-refractivity contribution in [2.24, 2.45) is 0 Å². The molecular formula is H12K8N4O12. The standard InChI is InChI=1S/8K.4HNO3.8H/c;;;;;;;;4*2-1(3)4;;;;;;;;/h;;;;;;;;4*(H,2,3,4);;;;;;;;/q8*+1;;;;;8*-1. The second kappa shape index (κ2) is 69.8. The Morgan fingerprint density at radius 2 is 0.417 bits per heavy atom. The smallest absolute Gasteiger partial charge is 1.00 e. The number of rotatable bonds is 0. The molecule has 112 valence electrons. The van der Waals surface area contributed by atoms with Gasteiger partial charge < -0.3 is 32.2 Å². The largest absolute Gasteiger partial charge is 1.00 e. The van der Waals surface area contributed by atoms with E-state index in [1.807, 2.05) is 0 Å². The van der Waals surface area contributed by atoms with Crippen molar-refractivity contribution in [3.05, 3.63) is 40.5 Å². The van der Waals surface area contributed by atoms with Gasteiger partial charge in [-0.2, -0.15) is 0 Å². The molecule has 0 aromatic rings. The zero-order valence-electron chi connectivity index (χ0n) is 22.8. The normalized spacial score (nSPS) is 4.00. The summed E-state index contributed by atoms with van der Waals surface area (Å²) in [5.74, 6) is 0. The van der Waals surface area contributed by atoms with Gasteiger partial charge >= 0.3 is 411 Å². The quantitative estimate of drug-likeness (QED) is 0.120. The molecule has 16 nitrogen and oxygen atoms in total. The van der Waals surface area contributed by atoms with E-state index < -0.39 is 20.3 Å². The van der Waals surface area contributed by atoms with E-state index >= 15 is 0 Å². The maximum Gasteiger partial charge on any atom is 1.00 e. The molecule has 0 aliphatic carbocycles. The van der Waals surface area contributed by atoms with Crippen LogP contribution in [-0.4, -0.2) is 41.2 Å². The first-order valence-electron chi connectivity index (χ1n) is 2.26. The van der Waals surface area contributed by atoms with Crippen LogP contribution in [0, 0.1) is 40.5 Å². The number of nitrogens with zero attached hydrogens (tertiary/aromatic N) is 4. The third-order valence-corrected chi connectivity index (χ3v) is 0. The summed E-state index contributed by atoms with van der Waals surface area (Å²) in [7, 11) is 0. The van der Waals surface area contributed by atoms with Crippen molar-refractivity contribution in [3.63, 3.8) is 0 Å². The van der Waals surface area contributed by atoms with Gasteiger partial charge in [0.05, 0.1) is 0 Å². The van der Waals surface area contributed by atoms with Gasteiger partial charge in [0, 0.05) is 0 Å². The fourth-order valence-corrected chi connectivity index (χ4v) is 0. The molecule has 0 heterocycles. The van der Waals surface area contributed by atoms with Crippen molar-refractivity contribution in [2.75, 3.05) is 0 Å². The molecular weight excluding hydrogens is 561 g/mol. The molecule has 0 aromatic heterocycles. The summed E-state index contributed by atoms with van der Waals surface area (Å²) >= 11 is 0. The molecule has 0 rings (SSSR count). The van der Waals surface area contributed by atoms with Crippen molar-refractivity contribution in [1.29, 1.82) is 0 Å². The predicted molar refractivity (Wildman–Crippen MR) is 44.0 cm³/mol. The molecule has 0 saturated carbocycles. The van der Waals surface area contributed by atoms with E-state index in [2.05, 4.69) is 0 Å². The minimum atomic E-state index is -1.50. The number of hydrogen-bond acceptors (Lipinski definition) is 8. The Morgan fingerprint density at radius 3 is 0.417 bits per heavy atom. The molecule has 4 N–H and O–H groups in total. The fourth-order valence-electron chi connectivity index (χ4n) is 0. The van der Waals surface area contributed by atoms with Crippen molar-refractivity contribution in [2.45, 2.75) is 0 Å². The van der Waals surface area contributed by atoms with Crippen LogP contribution in [0.1, 0.15) is 11.4 Å². The topological polar surface area (TPSA) is 253 Å². The molecule has 0 amide bonds. The molecule has 0 spiro atoms. The molecule has 0 bridgehead atoms. The minimum absolute atomic E-state index is 0.